The highest BCUT2D eigenvalue weighted by Crippen LogP contribution is 2.20. The standard InChI is InChI=1S/C14H22N2O2/c1-17-8-9-18-7-6-16-5-4-12-2-3-14(15)10-13(12)11-16/h2-3,10H,4-9,11,15H2,1H3. The van der Waals surface area contributed by atoms with Crippen LogP contribution >= 0.6 is 0 Å². The highest BCUT2D eigenvalue weighted by molar-refractivity contribution is 5.45. The van der Waals surface area contributed by atoms with Crippen molar-refractivity contribution in [1.29, 1.82) is 0 Å². The van der Waals surface area contributed by atoms with E-state index in [1.165, 1.54) is 11.1 Å². The summed E-state index contributed by atoms with van der Waals surface area (Å²) in [6.45, 7) is 5.16. The molecular weight excluding hydrogens is 228 g/mol. The third-order valence-corrected chi connectivity index (χ3v) is 3.31. The number of nitrogen functional groups attached to an aromatic ring is 1. The average molecular weight is 250 g/mol. The Labute approximate surface area is 109 Å². The minimum Gasteiger partial charge on any atom is -0.399 e. The molecule has 1 aromatic carbocycles. The molecule has 4 heteroatoms. The van der Waals surface area contributed by atoms with Crippen LogP contribution in [0.2, 0.25) is 0 Å². The van der Waals surface area contributed by atoms with E-state index in [0.717, 1.165) is 38.3 Å². The molecule has 0 spiro atoms. The van der Waals surface area contributed by atoms with Gasteiger partial charge in [0.05, 0.1) is 19.8 Å². The van der Waals surface area contributed by atoms with Gasteiger partial charge in [-0.25, -0.2) is 0 Å². The van der Waals surface area contributed by atoms with Gasteiger partial charge in [-0.1, -0.05) is 6.07 Å². The van der Waals surface area contributed by atoms with Gasteiger partial charge in [0.25, 0.3) is 0 Å². The van der Waals surface area contributed by atoms with Gasteiger partial charge in [0, 0.05) is 32.4 Å². The lowest BCUT2D eigenvalue weighted by molar-refractivity contribution is 0.0551. The van der Waals surface area contributed by atoms with Gasteiger partial charge < -0.3 is 15.2 Å². The van der Waals surface area contributed by atoms with Crippen LogP contribution in [0.25, 0.3) is 0 Å². The Balaban J connectivity index is 1.77. The lowest BCUT2D eigenvalue weighted by atomic mass is 9.99. The Morgan fingerprint density at radius 1 is 1.22 bits per heavy atom. The maximum absolute atomic E-state index is 5.83. The Morgan fingerprint density at radius 2 is 2.11 bits per heavy atom. The molecule has 0 aromatic heterocycles. The largest absolute Gasteiger partial charge is 0.399 e. The van der Waals surface area contributed by atoms with E-state index in [0.29, 0.717) is 13.2 Å². The Bertz CT molecular complexity index is 382. The van der Waals surface area contributed by atoms with E-state index in [9.17, 15) is 0 Å². The summed E-state index contributed by atoms with van der Waals surface area (Å²) in [7, 11) is 1.69. The van der Waals surface area contributed by atoms with Crippen LogP contribution in [0.4, 0.5) is 5.69 Å². The molecule has 0 saturated carbocycles. The minimum atomic E-state index is 0.666. The quantitative estimate of drug-likeness (QED) is 0.610. The average Bonchev–Trinajstić information content (AvgIpc) is 2.38. The summed E-state index contributed by atoms with van der Waals surface area (Å²) in [5, 5.41) is 0. The number of nitrogens with two attached hydrogens (primary N) is 1. The van der Waals surface area contributed by atoms with E-state index in [-0.39, 0.29) is 0 Å². The van der Waals surface area contributed by atoms with Crippen molar-refractivity contribution in [2.45, 2.75) is 13.0 Å². The summed E-state index contributed by atoms with van der Waals surface area (Å²) in [4.78, 5) is 2.41. The van der Waals surface area contributed by atoms with Crippen LogP contribution in [-0.4, -0.2) is 44.9 Å². The van der Waals surface area contributed by atoms with E-state index in [2.05, 4.69) is 17.0 Å². The number of benzene rings is 1. The molecule has 100 valence electrons. The van der Waals surface area contributed by atoms with Crippen molar-refractivity contribution >= 4 is 5.69 Å². The highest BCUT2D eigenvalue weighted by atomic mass is 16.5. The van der Waals surface area contributed by atoms with E-state index in [1.54, 1.807) is 7.11 Å². The van der Waals surface area contributed by atoms with Crippen molar-refractivity contribution in [1.82, 2.24) is 4.90 Å². The Morgan fingerprint density at radius 3 is 2.94 bits per heavy atom. The molecule has 18 heavy (non-hydrogen) atoms. The highest BCUT2D eigenvalue weighted by Gasteiger charge is 2.15. The fraction of sp³-hybridized carbons (Fsp3) is 0.571. The molecule has 0 aliphatic carbocycles. The molecule has 4 nitrogen and oxygen atoms in total. The second-order valence-electron chi connectivity index (χ2n) is 4.66. The Hall–Kier alpha value is -1.10. The summed E-state index contributed by atoms with van der Waals surface area (Å²) in [6, 6.07) is 6.23. The summed E-state index contributed by atoms with van der Waals surface area (Å²) in [5.74, 6) is 0. The third kappa shape index (κ3) is 3.70. The summed E-state index contributed by atoms with van der Waals surface area (Å²) in [5.41, 5.74) is 9.47. The van der Waals surface area contributed by atoms with Crippen molar-refractivity contribution in [3.8, 4) is 0 Å². The van der Waals surface area contributed by atoms with Gasteiger partial charge in [-0.3, -0.25) is 4.90 Å². The molecule has 2 rings (SSSR count). The van der Waals surface area contributed by atoms with E-state index < -0.39 is 0 Å². The molecule has 0 fully saturated rings. The molecule has 0 atom stereocenters. The van der Waals surface area contributed by atoms with Crippen molar-refractivity contribution in [3.63, 3.8) is 0 Å². The molecule has 1 aromatic rings. The van der Waals surface area contributed by atoms with Crippen molar-refractivity contribution in [3.05, 3.63) is 29.3 Å². The first-order valence-corrected chi connectivity index (χ1v) is 6.46. The zero-order valence-electron chi connectivity index (χ0n) is 11.0. The first-order chi connectivity index (χ1) is 8.79. The Kier molecular flexibility index (Phi) is 4.99. The number of anilines is 1. The number of methoxy groups -OCH3 is 1. The van der Waals surface area contributed by atoms with E-state index in [1.807, 2.05) is 6.07 Å². The second-order valence-corrected chi connectivity index (χ2v) is 4.66. The first-order valence-electron chi connectivity index (χ1n) is 6.46. The van der Waals surface area contributed by atoms with Crippen LogP contribution < -0.4 is 5.73 Å². The third-order valence-electron chi connectivity index (χ3n) is 3.31. The molecule has 0 unspecified atom stereocenters. The van der Waals surface area contributed by atoms with Crippen molar-refractivity contribution in [2.75, 3.05) is 45.8 Å². The van der Waals surface area contributed by atoms with Gasteiger partial charge in [-0.15, -0.1) is 0 Å². The molecule has 1 aliphatic heterocycles. The van der Waals surface area contributed by atoms with Crippen LogP contribution in [-0.2, 0) is 22.4 Å². The van der Waals surface area contributed by atoms with Gasteiger partial charge in [-0.2, -0.15) is 0 Å². The van der Waals surface area contributed by atoms with Crippen molar-refractivity contribution < 1.29 is 9.47 Å². The van der Waals surface area contributed by atoms with Gasteiger partial charge in [0.1, 0.15) is 0 Å². The second kappa shape index (κ2) is 6.73. The topological polar surface area (TPSA) is 47.7 Å². The molecule has 0 amide bonds. The van der Waals surface area contributed by atoms with Crippen molar-refractivity contribution in [2.24, 2.45) is 0 Å². The number of rotatable bonds is 6. The van der Waals surface area contributed by atoms with Gasteiger partial charge in [0.2, 0.25) is 0 Å². The SMILES string of the molecule is COCCOCCN1CCc2ccc(N)cc2C1. The van der Waals surface area contributed by atoms with Crippen LogP contribution in [0.5, 0.6) is 0 Å². The molecule has 0 saturated heterocycles. The van der Waals surface area contributed by atoms with Crippen LogP contribution in [0.3, 0.4) is 0 Å². The van der Waals surface area contributed by atoms with E-state index >= 15 is 0 Å². The molecule has 0 radical (unpaired) electrons. The fourth-order valence-electron chi connectivity index (χ4n) is 2.26. The summed E-state index contributed by atoms with van der Waals surface area (Å²) in [6.07, 6.45) is 1.10. The monoisotopic (exact) mass is 250 g/mol. The smallest absolute Gasteiger partial charge is 0.0700 e. The molecule has 0 bridgehead atoms. The van der Waals surface area contributed by atoms with Crippen LogP contribution in [0, 0.1) is 0 Å². The fourth-order valence-corrected chi connectivity index (χ4v) is 2.26. The lowest BCUT2D eigenvalue weighted by Gasteiger charge is -2.28. The first kappa shape index (κ1) is 13.3. The molecular formula is C14H22N2O2. The maximum atomic E-state index is 5.83. The number of nitrogens with zero attached hydrogens (tertiary/aromatic N) is 1. The number of hydrogen-bond acceptors (Lipinski definition) is 4. The summed E-state index contributed by atoms with van der Waals surface area (Å²) >= 11 is 0. The zero-order valence-corrected chi connectivity index (χ0v) is 11.0. The molecule has 1 heterocycles. The zero-order chi connectivity index (χ0) is 12.8. The predicted molar refractivity (Wildman–Crippen MR) is 72.5 cm³/mol. The lowest BCUT2D eigenvalue weighted by Crippen LogP contribution is -2.33. The van der Waals surface area contributed by atoms with Gasteiger partial charge in [0.15, 0.2) is 0 Å². The maximum Gasteiger partial charge on any atom is 0.0700 e. The molecule has 1 aliphatic rings. The van der Waals surface area contributed by atoms with Gasteiger partial charge in [-0.05, 0) is 29.7 Å². The normalized spacial score (nSPS) is 15.6. The number of fused-ring (bicyclic) bond motifs is 1. The van der Waals surface area contributed by atoms with Crippen LogP contribution in [0.1, 0.15) is 11.1 Å². The number of hydrogen-bond donors (Lipinski definition) is 1. The van der Waals surface area contributed by atoms with Crippen LogP contribution in [0.15, 0.2) is 18.2 Å². The number of ether oxygens (including phenoxy) is 2. The summed E-state index contributed by atoms with van der Waals surface area (Å²) < 4.78 is 10.4. The minimum absolute atomic E-state index is 0.666. The van der Waals surface area contributed by atoms with Gasteiger partial charge >= 0.3 is 0 Å². The predicted octanol–water partition coefficient (Wildman–Crippen LogP) is 1.29. The van der Waals surface area contributed by atoms with E-state index in [4.69, 9.17) is 15.2 Å². The molecule has 2 N–H and O–H groups in total.